The van der Waals surface area contributed by atoms with Crippen molar-refractivity contribution in [2.45, 2.75) is 37.8 Å². The van der Waals surface area contributed by atoms with Gasteiger partial charge in [-0.1, -0.05) is 0 Å². The molecule has 0 aromatic carbocycles. The molecule has 7 heterocycles. The summed E-state index contributed by atoms with van der Waals surface area (Å²) in [6.07, 6.45) is 9.65. The smallest absolute Gasteiger partial charge is 0.389 e. The summed E-state index contributed by atoms with van der Waals surface area (Å²) >= 11 is 0. The van der Waals surface area contributed by atoms with Crippen LogP contribution in [0.15, 0.2) is 48.3 Å². The number of aromatic amines is 1. The van der Waals surface area contributed by atoms with Crippen LogP contribution in [0.5, 0.6) is 0 Å². The Hall–Kier alpha value is -3.67. The normalized spacial score (nSPS) is 26.2. The number of nitrogens with one attached hydrogen (secondary N) is 2. The molecule has 0 spiro atoms. The number of carbonyl (C=O) groups excluding carboxylic acids is 2. The van der Waals surface area contributed by atoms with E-state index in [2.05, 4.69) is 10.3 Å². The number of fused-ring (bicyclic) bond motifs is 3. The van der Waals surface area contributed by atoms with Gasteiger partial charge in [0.25, 0.3) is 0 Å². The topological polar surface area (TPSA) is 85.6 Å². The number of allylic oxidation sites excluding steroid dienone is 3. The van der Waals surface area contributed by atoms with E-state index in [1.54, 1.807) is 24.4 Å². The largest absolute Gasteiger partial charge is 0.737 e. The van der Waals surface area contributed by atoms with E-state index in [-0.39, 0.29) is 36.6 Å². The molecule has 2 N–H and O–H groups in total. The highest BCUT2D eigenvalue weighted by molar-refractivity contribution is 6.58. The van der Waals surface area contributed by atoms with Crippen LogP contribution in [0.25, 0.3) is 17.0 Å². The van der Waals surface area contributed by atoms with Crippen LogP contribution in [-0.2, 0) is 9.53 Å². The number of aromatic nitrogens is 2. The molecule has 2 aromatic heterocycles. The van der Waals surface area contributed by atoms with Gasteiger partial charge in [-0.2, -0.15) is 0 Å². The van der Waals surface area contributed by atoms with Crippen molar-refractivity contribution in [3.05, 3.63) is 54.0 Å². The molecule has 39 heavy (non-hydrogen) atoms. The number of morpholine rings is 1. The van der Waals surface area contributed by atoms with Gasteiger partial charge in [-0.25, -0.2) is 4.79 Å². The minimum Gasteiger partial charge on any atom is -0.389 e. The van der Waals surface area contributed by atoms with Crippen LogP contribution < -0.4 is 5.32 Å². The summed E-state index contributed by atoms with van der Waals surface area (Å²) in [6, 6.07) is 7.04. The molecule has 0 bridgehead atoms. The number of carbonyl (C=O) groups is 2. The number of urea groups is 1. The van der Waals surface area contributed by atoms with Gasteiger partial charge in [0.05, 0.1) is 17.8 Å². The maximum absolute atomic E-state index is 15.8. The highest BCUT2D eigenvalue weighted by Crippen LogP contribution is 2.42. The van der Waals surface area contributed by atoms with E-state index in [4.69, 9.17) is 4.74 Å². The Labute approximate surface area is 224 Å². The van der Waals surface area contributed by atoms with Crippen LogP contribution in [0.1, 0.15) is 31.4 Å². The van der Waals surface area contributed by atoms with Crippen molar-refractivity contribution in [3.63, 3.8) is 0 Å². The van der Waals surface area contributed by atoms with Crippen molar-refractivity contribution in [3.8, 4) is 11.4 Å². The first-order valence-electron chi connectivity index (χ1n) is 13.8. The number of likely N-dealkylation sites (tertiary alicyclic amines) is 2. The molecule has 0 aliphatic carbocycles. The summed E-state index contributed by atoms with van der Waals surface area (Å²) in [7, 11) is 0. The molecule has 204 valence electrons. The van der Waals surface area contributed by atoms with Gasteiger partial charge in [0, 0.05) is 61.5 Å². The van der Waals surface area contributed by atoms with Crippen LogP contribution in [0.4, 0.5) is 13.4 Å². The third-order valence-corrected chi connectivity index (χ3v) is 8.81. The van der Waals surface area contributed by atoms with Crippen molar-refractivity contribution >= 4 is 30.7 Å². The van der Waals surface area contributed by atoms with Crippen molar-refractivity contribution in [1.82, 2.24) is 24.6 Å². The number of hydrogen-bond donors (Lipinski definition) is 2. The SMILES string of the molecule is O=C1CO[C@H]2CCN(C(=O)N3CCC(CC4=C5C=CC=[N+]5[B-](F)(F)n5c4ccc5-c4ccc[nH]4)CC3)C[C@H]2N1. The molecule has 5 aliphatic rings. The summed E-state index contributed by atoms with van der Waals surface area (Å²) in [5.41, 5.74) is 3.19. The number of nitrogens with zero attached hydrogens (tertiary/aromatic N) is 4. The molecule has 9 nitrogen and oxygen atoms in total. The second-order valence-corrected chi connectivity index (χ2v) is 11.1. The highest BCUT2D eigenvalue weighted by Gasteiger charge is 2.53. The molecule has 5 aliphatic heterocycles. The number of amides is 3. The number of hydrogen-bond acceptors (Lipinski definition) is 3. The Kier molecular flexibility index (Phi) is 5.76. The minimum absolute atomic E-state index is 0.00211. The lowest BCUT2D eigenvalue weighted by molar-refractivity contribution is -0.356. The summed E-state index contributed by atoms with van der Waals surface area (Å²) in [6.45, 7) is -1.62. The summed E-state index contributed by atoms with van der Waals surface area (Å²) < 4.78 is 39.5. The molecule has 3 fully saturated rings. The molecule has 2 atom stereocenters. The Morgan fingerprint density at radius 3 is 2.69 bits per heavy atom. The van der Waals surface area contributed by atoms with Crippen molar-refractivity contribution in [1.29, 1.82) is 0 Å². The molecule has 0 radical (unpaired) electrons. The first-order chi connectivity index (χ1) is 18.9. The number of halogens is 2. The molecule has 12 heteroatoms. The van der Waals surface area contributed by atoms with E-state index in [1.807, 2.05) is 28.0 Å². The second kappa shape index (κ2) is 9.22. The first kappa shape index (κ1) is 24.4. The van der Waals surface area contributed by atoms with Gasteiger partial charge in [-0.15, -0.1) is 0 Å². The van der Waals surface area contributed by atoms with E-state index < -0.39 is 6.97 Å². The molecular formula is C27H31BF2N6O3. The number of piperidine rings is 2. The minimum atomic E-state index is -4.03. The molecule has 0 unspecified atom stereocenters. The molecule has 2 aromatic rings. The fourth-order valence-electron chi connectivity index (χ4n) is 6.81. The molecule has 0 saturated carbocycles. The molecular weight excluding hydrogens is 505 g/mol. The summed E-state index contributed by atoms with van der Waals surface area (Å²) in [4.78, 5) is 31.8. The number of rotatable bonds is 3. The van der Waals surface area contributed by atoms with E-state index >= 15 is 8.63 Å². The van der Waals surface area contributed by atoms with Crippen LogP contribution in [0.3, 0.4) is 0 Å². The fraction of sp³-hybridized carbons (Fsp3) is 0.444. The van der Waals surface area contributed by atoms with Gasteiger partial charge in [-0.3, -0.25) is 4.79 Å². The van der Waals surface area contributed by atoms with Crippen LogP contribution in [0.2, 0.25) is 0 Å². The average Bonchev–Trinajstić information content (AvgIpc) is 3.71. The fourth-order valence-corrected chi connectivity index (χ4v) is 6.81. The van der Waals surface area contributed by atoms with Gasteiger partial charge in [-0.05, 0) is 55.9 Å². The molecule has 3 saturated heterocycles. The van der Waals surface area contributed by atoms with Crippen LogP contribution in [0, 0.1) is 5.92 Å². The summed E-state index contributed by atoms with van der Waals surface area (Å²) in [5.74, 6) is 0.142. The zero-order valence-corrected chi connectivity index (χ0v) is 21.6. The third kappa shape index (κ3) is 4.03. The zero-order valence-electron chi connectivity index (χ0n) is 21.6. The standard InChI is InChI=1S/C27H31BF2N6O3/c29-28(30)35-11-2-4-22(35)19(23-5-6-24(36(23)28)20-3-1-10-31-20)15-18-7-12-33(13-8-18)27(38)34-14-9-25-21(16-34)32-26(37)17-39-25/h1-6,10-11,18,21,25,31H,7-9,12-17H2,(H,32,37)/t21-,25+/m1/s1. The van der Waals surface area contributed by atoms with Crippen LogP contribution >= 0.6 is 0 Å². The predicted molar refractivity (Wildman–Crippen MR) is 142 cm³/mol. The van der Waals surface area contributed by atoms with Gasteiger partial charge in [0.15, 0.2) is 5.70 Å². The molecule has 3 amide bonds. The van der Waals surface area contributed by atoms with Crippen LogP contribution in [-0.4, -0.2) is 93.8 Å². The van der Waals surface area contributed by atoms with E-state index in [9.17, 15) is 9.59 Å². The quantitative estimate of drug-likeness (QED) is 0.592. The number of ether oxygens (including phenoxy) is 1. The first-order valence-corrected chi connectivity index (χ1v) is 13.8. The van der Waals surface area contributed by atoms with Crippen molar-refractivity contribution in [2.75, 3.05) is 32.8 Å². The van der Waals surface area contributed by atoms with Crippen molar-refractivity contribution < 1.29 is 27.4 Å². The zero-order chi connectivity index (χ0) is 26.7. The monoisotopic (exact) mass is 536 g/mol. The van der Waals surface area contributed by atoms with Gasteiger partial charge in [0.2, 0.25) is 5.91 Å². The van der Waals surface area contributed by atoms with Gasteiger partial charge >= 0.3 is 13.0 Å². The summed E-state index contributed by atoms with van der Waals surface area (Å²) in [5, 5.41) is 2.95. The Balaban J connectivity index is 1.06. The molecule has 7 rings (SSSR count). The lowest BCUT2D eigenvalue weighted by Crippen LogP contribution is -2.62. The van der Waals surface area contributed by atoms with Gasteiger partial charge in [0.1, 0.15) is 12.8 Å². The average molecular weight is 536 g/mol. The second-order valence-electron chi connectivity index (χ2n) is 11.1. The van der Waals surface area contributed by atoms with E-state index in [1.165, 1.54) is 10.7 Å². The van der Waals surface area contributed by atoms with E-state index in [0.29, 0.717) is 61.8 Å². The highest BCUT2D eigenvalue weighted by atomic mass is 19.2. The maximum Gasteiger partial charge on any atom is 0.737 e. The predicted octanol–water partition coefficient (Wildman–Crippen LogP) is 2.90. The van der Waals surface area contributed by atoms with E-state index in [0.717, 1.165) is 22.9 Å². The Bertz CT molecular complexity index is 1410. The maximum atomic E-state index is 15.8. The third-order valence-electron chi connectivity index (χ3n) is 8.81. The van der Waals surface area contributed by atoms with Gasteiger partial charge < -0.3 is 42.4 Å². The Morgan fingerprint density at radius 2 is 1.90 bits per heavy atom. The number of H-pyrrole nitrogens is 1. The Morgan fingerprint density at radius 1 is 1.10 bits per heavy atom. The lowest BCUT2D eigenvalue weighted by atomic mass is 9.83. The lowest BCUT2D eigenvalue weighted by Gasteiger charge is -2.43. The van der Waals surface area contributed by atoms with Crippen molar-refractivity contribution in [2.24, 2.45) is 5.92 Å².